The number of hydrogen-bond acceptors (Lipinski definition) is 2. The lowest BCUT2D eigenvalue weighted by Crippen LogP contribution is -2.49. The minimum atomic E-state index is -0.0866. The predicted octanol–water partition coefficient (Wildman–Crippen LogP) is 8.66. The molecule has 3 heterocycles. The molecule has 7 aromatic rings. The maximum Gasteiger partial charge on any atom is 0.243 e. The summed E-state index contributed by atoms with van der Waals surface area (Å²) in [6.07, 6.45) is 0. The Morgan fingerprint density at radius 3 is 1.60 bits per heavy atom. The fraction of sp³-hybridized carbons (Fsp3) is 0.0769. The zero-order valence-corrected chi connectivity index (χ0v) is 24.5. The average Bonchev–Trinajstić information content (AvgIpc) is 3.58. The van der Waals surface area contributed by atoms with Crippen LogP contribution in [0.5, 0.6) is 0 Å². The molecular formula is C39H28BNS. The number of hydrogen-bond donors (Lipinski definition) is 0. The van der Waals surface area contributed by atoms with Crippen molar-refractivity contribution in [2.75, 3.05) is 4.90 Å². The number of nitrogens with zero attached hydrogens (tertiary/aromatic N) is 1. The first kappa shape index (κ1) is 24.0. The van der Waals surface area contributed by atoms with E-state index in [0.29, 0.717) is 0 Å². The van der Waals surface area contributed by atoms with Crippen molar-refractivity contribution in [3.05, 3.63) is 145 Å². The molecule has 0 saturated heterocycles. The Kier molecular flexibility index (Phi) is 4.98. The second kappa shape index (κ2) is 8.70. The number of rotatable bonds is 2. The Hall–Kier alpha value is -4.60. The van der Waals surface area contributed by atoms with Crippen LogP contribution in [0.3, 0.4) is 0 Å². The third-order valence-electron chi connectivity index (χ3n) is 9.55. The molecule has 0 fully saturated rings. The quantitative estimate of drug-likeness (QED) is 0.194. The van der Waals surface area contributed by atoms with Gasteiger partial charge in [0.25, 0.3) is 0 Å². The molecule has 0 atom stereocenters. The molecule has 0 bridgehead atoms. The van der Waals surface area contributed by atoms with Gasteiger partial charge >= 0.3 is 0 Å². The zero-order chi connectivity index (χ0) is 28.0. The van der Waals surface area contributed by atoms with Gasteiger partial charge in [-0.3, -0.25) is 0 Å². The van der Waals surface area contributed by atoms with E-state index in [-0.39, 0.29) is 12.1 Å². The molecule has 0 saturated carbocycles. The van der Waals surface area contributed by atoms with Crippen LogP contribution >= 0.6 is 11.3 Å². The standard InChI is InChI=1S/C39H28BNS/c1-39(2)27-15-5-9-20-32(27)41(33-21-10-6-16-28(33)39)34-22-12-24-36-38(34)37-31(19-11-23-35(37)42-36)40-29-17-7-3-13-25(29)26-14-4-8-18-30(26)40/h3-24H,1-2H3. The van der Waals surface area contributed by atoms with Gasteiger partial charge in [0.1, 0.15) is 0 Å². The van der Waals surface area contributed by atoms with Gasteiger partial charge in [0.05, 0.1) is 17.1 Å². The van der Waals surface area contributed by atoms with Crippen molar-refractivity contribution < 1.29 is 0 Å². The first-order valence-corrected chi connectivity index (χ1v) is 15.6. The lowest BCUT2D eigenvalue weighted by atomic mass is 9.38. The highest BCUT2D eigenvalue weighted by Gasteiger charge is 2.38. The van der Waals surface area contributed by atoms with Gasteiger partial charge in [-0.25, -0.2) is 0 Å². The molecular weight excluding hydrogens is 525 g/mol. The molecule has 1 aromatic heterocycles. The molecule has 1 nitrogen and oxygen atoms in total. The summed E-state index contributed by atoms with van der Waals surface area (Å²) in [7, 11) is 0. The maximum atomic E-state index is 2.53. The molecule has 0 amide bonds. The summed E-state index contributed by atoms with van der Waals surface area (Å²) in [4.78, 5) is 2.53. The molecule has 9 rings (SSSR count). The van der Waals surface area contributed by atoms with Crippen molar-refractivity contribution in [2.24, 2.45) is 0 Å². The van der Waals surface area contributed by atoms with Gasteiger partial charge in [0.15, 0.2) is 0 Å². The van der Waals surface area contributed by atoms with Crippen LogP contribution in [0.2, 0.25) is 0 Å². The summed E-state index contributed by atoms with van der Waals surface area (Å²) in [6, 6.07) is 49.7. The fourth-order valence-corrected chi connectivity index (χ4v) is 8.88. The van der Waals surface area contributed by atoms with E-state index in [1.807, 2.05) is 11.3 Å². The Morgan fingerprint density at radius 2 is 0.952 bits per heavy atom. The van der Waals surface area contributed by atoms with Crippen molar-refractivity contribution in [1.29, 1.82) is 0 Å². The smallest absolute Gasteiger partial charge is 0.243 e. The third kappa shape index (κ3) is 3.15. The Balaban J connectivity index is 1.38. The number of anilines is 3. The monoisotopic (exact) mass is 553 g/mol. The molecule has 198 valence electrons. The van der Waals surface area contributed by atoms with Gasteiger partial charge in [0, 0.05) is 20.2 Å². The van der Waals surface area contributed by atoms with Crippen LogP contribution in [-0.2, 0) is 5.41 Å². The maximum absolute atomic E-state index is 2.53. The molecule has 0 N–H and O–H groups in total. The molecule has 0 aliphatic carbocycles. The predicted molar refractivity (Wildman–Crippen MR) is 183 cm³/mol. The van der Waals surface area contributed by atoms with Crippen LogP contribution < -0.4 is 21.3 Å². The molecule has 0 radical (unpaired) electrons. The highest BCUT2D eigenvalue weighted by Crippen LogP contribution is 2.53. The summed E-state index contributed by atoms with van der Waals surface area (Å²) >= 11 is 1.91. The van der Waals surface area contributed by atoms with Crippen LogP contribution in [0.15, 0.2) is 133 Å². The van der Waals surface area contributed by atoms with E-state index in [9.17, 15) is 0 Å². The Labute approximate surface area is 250 Å². The van der Waals surface area contributed by atoms with E-state index in [0.717, 1.165) is 0 Å². The minimum absolute atomic E-state index is 0.0866. The van der Waals surface area contributed by atoms with Gasteiger partial charge in [-0.2, -0.15) is 0 Å². The van der Waals surface area contributed by atoms with Gasteiger partial charge < -0.3 is 4.90 Å². The van der Waals surface area contributed by atoms with Crippen molar-refractivity contribution in [3.63, 3.8) is 0 Å². The van der Waals surface area contributed by atoms with Gasteiger partial charge in [0.2, 0.25) is 6.71 Å². The fourth-order valence-electron chi connectivity index (χ4n) is 7.72. The van der Waals surface area contributed by atoms with E-state index < -0.39 is 0 Å². The van der Waals surface area contributed by atoms with Crippen molar-refractivity contribution in [2.45, 2.75) is 19.3 Å². The molecule has 42 heavy (non-hydrogen) atoms. The van der Waals surface area contributed by atoms with Crippen LogP contribution in [0.25, 0.3) is 31.3 Å². The van der Waals surface area contributed by atoms with E-state index in [1.165, 1.54) is 75.9 Å². The normalized spacial score (nSPS) is 14.5. The summed E-state index contributed by atoms with van der Waals surface area (Å²) in [6.45, 7) is 4.91. The lowest BCUT2D eigenvalue weighted by molar-refractivity contribution is 0.632. The average molecular weight is 554 g/mol. The highest BCUT2D eigenvalue weighted by atomic mass is 32.1. The first-order valence-electron chi connectivity index (χ1n) is 14.7. The minimum Gasteiger partial charge on any atom is -0.309 e. The van der Waals surface area contributed by atoms with Crippen LogP contribution in [0, 0.1) is 0 Å². The SMILES string of the molecule is CC1(C)c2ccccc2N(c2cccc3sc4cccc(B5c6ccccc6-c6ccccc65)c4c23)c2ccccc21. The largest absolute Gasteiger partial charge is 0.309 e. The summed E-state index contributed by atoms with van der Waals surface area (Å²) in [5.41, 5.74) is 13.3. The topological polar surface area (TPSA) is 3.24 Å². The number of para-hydroxylation sites is 2. The highest BCUT2D eigenvalue weighted by molar-refractivity contribution is 7.26. The van der Waals surface area contributed by atoms with E-state index in [1.54, 1.807) is 0 Å². The number of thiophene rings is 1. The molecule has 6 aromatic carbocycles. The van der Waals surface area contributed by atoms with E-state index in [4.69, 9.17) is 0 Å². The molecule has 3 heteroatoms. The number of benzene rings is 6. The van der Waals surface area contributed by atoms with Gasteiger partial charge in [-0.15, -0.1) is 11.3 Å². The van der Waals surface area contributed by atoms with Crippen molar-refractivity contribution in [3.8, 4) is 11.1 Å². The molecule has 2 aliphatic rings. The molecule has 0 unspecified atom stereocenters. The van der Waals surface area contributed by atoms with Crippen molar-refractivity contribution in [1.82, 2.24) is 0 Å². The van der Waals surface area contributed by atoms with Gasteiger partial charge in [-0.05, 0) is 58.0 Å². The molecule has 2 aliphatic heterocycles. The van der Waals surface area contributed by atoms with Gasteiger partial charge in [-0.1, -0.05) is 133 Å². The van der Waals surface area contributed by atoms with E-state index in [2.05, 4.69) is 152 Å². The summed E-state index contributed by atoms with van der Waals surface area (Å²) in [5, 5.41) is 2.73. The van der Waals surface area contributed by atoms with Crippen molar-refractivity contribution >= 4 is 71.7 Å². The zero-order valence-electron chi connectivity index (χ0n) is 23.6. The lowest BCUT2D eigenvalue weighted by Gasteiger charge is -2.42. The second-order valence-corrected chi connectivity index (χ2v) is 13.2. The first-order chi connectivity index (χ1) is 20.6. The molecule has 0 spiro atoms. The van der Waals surface area contributed by atoms with Crippen LogP contribution in [0.1, 0.15) is 25.0 Å². The third-order valence-corrected chi connectivity index (χ3v) is 10.7. The summed E-state index contributed by atoms with van der Waals surface area (Å²) < 4.78 is 2.67. The van der Waals surface area contributed by atoms with E-state index >= 15 is 0 Å². The van der Waals surface area contributed by atoms with Crippen LogP contribution in [-0.4, -0.2) is 6.71 Å². The van der Waals surface area contributed by atoms with Crippen LogP contribution in [0.4, 0.5) is 17.1 Å². The summed E-state index contributed by atoms with van der Waals surface area (Å²) in [5.74, 6) is 0. The number of fused-ring (bicyclic) bond motifs is 8. The Bertz CT molecular complexity index is 2110. The Morgan fingerprint density at radius 1 is 0.476 bits per heavy atom. The second-order valence-electron chi connectivity index (χ2n) is 12.1.